The van der Waals surface area contributed by atoms with Gasteiger partial charge in [-0.05, 0) is 56.7 Å². The van der Waals surface area contributed by atoms with Gasteiger partial charge >= 0.3 is 0 Å². The van der Waals surface area contributed by atoms with E-state index >= 15 is 0 Å². The minimum atomic E-state index is -4.09. The molecule has 7 nitrogen and oxygen atoms in total. The maximum absolute atomic E-state index is 13.5. The van der Waals surface area contributed by atoms with E-state index in [0.29, 0.717) is 22.9 Å². The fourth-order valence-electron chi connectivity index (χ4n) is 2.66. The number of ether oxygens (including phenoxy) is 2. The van der Waals surface area contributed by atoms with Crippen molar-refractivity contribution < 1.29 is 22.7 Å². The summed E-state index contributed by atoms with van der Waals surface area (Å²) in [5.41, 5.74) is -0.144. The minimum absolute atomic E-state index is 0.0300. The van der Waals surface area contributed by atoms with Crippen LogP contribution in [-0.4, -0.2) is 40.6 Å². The Hall–Kier alpha value is -2.45. The van der Waals surface area contributed by atoms with Crippen molar-refractivity contribution in [3.63, 3.8) is 0 Å². The van der Waals surface area contributed by atoms with Gasteiger partial charge in [0.25, 0.3) is 10.0 Å². The Balaban J connectivity index is 2.50. The average molecular weight is 455 g/mol. The Morgan fingerprint density at radius 3 is 2.20 bits per heavy atom. The predicted molar refractivity (Wildman–Crippen MR) is 118 cm³/mol. The molecule has 164 valence electrons. The highest BCUT2D eigenvalue weighted by Crippen LogP contribution is 2.32. The van der Waals surface area contributed by atoms with Gasteiger partial charge in [-0.15, -0.1) is 0 Å². The molecule has 0 aliphatic carbocycles. The van der Waals surface area contributed by atoms with E-state index in [1.807, 2.05) is 20.8 Å². The molecular weight excluding hydrogens is 428 g/mol. The van der Waals surface area contributed by atoms with Crippen LogP contribution in [0.5, 0.6) is 11.5 Å². The molecule has 0 saturated heterocycles. The highest BCUT2D eigenvalue weighted by atomic mass is 35.5. The number of carbonyl (C=O) groups is 1. The molecule has 0 aromatic heterocycles. The molecule has 2 aromatic carbocycles. The van der Waals surface area contributed by atoms with E-state index in [1.165, 1.54) is 32.4 Å². The van der Waals surface area contributed by atoms with E-state index in [0.717, 1.165) is 4.31 Å². The van der Waals surface area contributed by atoms with E-state index in [1.54, 1.807) is 24.3 Å². The lowest BCUT2D eigenvalue weighted by molar-refractivity contribution is -0.121. The molecule has 1 amide bonds. The average Bonchev–Trinajstić information content (AvgIpc) is 2.71. The van der Waals surface area contributed by atoms with Crippen LogP contribution in [-0.2, 0) is 14.8 Å². The largest absolute Gasteiger partial charge is 0.493 e. The van der Waals surface area contributed by atoms with Gasteiger partial charge in [-0.2, -0.15) is 0 Å². The van der Waals surface area contributed by atoms with Crippen molar-refractivity contribution in [3.05, 3.63) is 47.5 Å². The molecule has 0 saturated carbocycles. The van der Waals surface area contributed by atoms with E-state index in [-0.39, 0.29) is 17.2 Å². The van der Waals surface area contributed by atoms with E-state index in [4.69, 9.17) is 21.1 Å². The number of hydrogen-bond donors (Lipinski definition) is 1. The van der Waals surface area contributed by atoms with Crippen LogP contribution in [0.3, 0.4) is 0 Å². The van der Waals surface area contributed by atoms with Crippen molar-refractivity contribution in [2.24, 2.45) is 0 Å². The molecule has 9 heteroatoms. The summed E-state index contributed by atoms with van der Waals surface area (Å²) < 4.78 is 38.4. The van der Waals surface area contributed by atoms with Crippen molar-refractivity contribution in [1.29, 1.82) is 0 Å². The van der Waals surface area contributed by atoms with Gasteiger partial charge in [0.15, 0.2) is 11.5 Å². The number of nitrogens with one attached hydrogen (secondary N) is 1. The molecule has 2 aromatic rings. The number of methoxy groups -OCH3 is 2. The second-order valence-electron chi connectivity index (χ2n) is 7.29. The second-order valence-corrected chi connectivity index (χ2v) is 9.59. The number of amides is 1. The summed E-state index contributed by atoms with van der Waals surface area (Å²) in [6, 6.07) is 10.5. The molecule has 30 heavy (non-hydrogen) atoms. The molecule has 0 fully saturated rings. The molecule has 0 heterocycles. The van der Waals surface area contributed by atoms with Crippen LogP contribution in [0.1, 0.15) is 27.2 Å². The third kappa shape index (κ3) is 5.58. The third-order valence-electron chi connectivity index (χ3n) is 4.71. The Bertz CT molecular complexity index is 991. The van der Waals surface area contributed by atoms with E-state index < -0.39 is 21.5 Å². The van der Waals surface area contributed by atoms with Gasteiger partial charge < -0.3 is 14.8 Å². The lowest BCUT2D eigenvalue weighted by Crippen LogP contribution is -2.48. The lowest BCUT2D eigenvalue weighted by atomic mass is 10.0. The van der Waals surface area contributed by atoms with Crippen LogP contribution < -0.4 is 19.1 Å². The van der Waals surface area contributed by atoms with Crippen LogP contribution in [0.25, 0.3) is 0 Å². The fraction of sp³-hybridized carbons (Fsp3) is 0.381. The molecular formula is C21H27ClN2O5S. The fourth-order valence-corrected chi connectivity index (χ4v) is 4.23. The lowest BCUT2D eigenvalue weighted by Gasteiger charge is -2.28. The topological polar surface area (TPSA) is 84.9 Å². The zero-order valence-corrected chi connectivity index (χ0v) is 19.3. The van der Waals surface area contributed by atoms with Crippen LogP contribution >= 0.6 is 11.6 Å². The monoisotopic (exact) mass is 454 g/mol. The van der Waals surface area contributed by atoms with Crippen molar-refractivity contribution in [2.75, 3.05) is 25.1 Å². The normalized spacial score (nSPS) is 11.7. The van der Waals surface area contributed by atoms with Crippen molar-refractivity contribution in [2.45, 2.75) is 37.6 Å². The van der Waals surface area contributed by atoms with Crippen LogP contribution in [0.2, 0.25) is 5.02 Å². The van der Waals surface area contributed by atoms with Gasteiger partial charge in [-0.1, -0.05) is 18.5 Å². The summed E-state index contributed by atoms with van der Waals surface area (Å²) in [4.78, 5) is 12.7. The Morgan fingerprint density at radius 1 is 1.07 bits per heavy atom. The van der Waals surface area contributed by atoms with Crippen LogP contribution in [0.15, 0.2) is 47.4 Å². The van der Waals surface area contributed by atoms with Crippen LogP contribution in [0.4, 0.5) is 5.69 Å². The molecule has 0 unspecified atom stereocenters. The first-order chi connectivity index (χ1) is 14.0. The number of halogens is 1. The molecule has 0 bridgehead atoms. The molecule has 2 rings (SSSR count). The van der Waals surface area contributed by atoms with Crippen molar-refractivity contribution >= 4 is 33.2 Å². The number of carbonyl (C=O) groups excluding carboxylic acids is 1. The second kappa shape index (κ2) is 9.57. The summed E-state index contributed by atoms with van der Waals surface area (Å²) in [5, 5.41) is 3.32. The highest BCUT2D eigenvalue weighted by Gasteiger charge is 2.29. The number of anilines is 1. The Labute approximate surface area is 183 Å². The maximum Gasteiger partial charge on any atom is 0.264 e. The summed E-state index contributed by atoms with van der Waals surface area (Å²) in [6.07, 6.45) is 0.697. The standard InChI is InChI=1S/C21H27ClN2O5S/c1-6-21(2,3)23-20(25)14-24(16-9-7-15(22)8-10-16)30(26,27)17-11-12-18(28-4)19(13-17)29-5/h7-13H,6,14H2,1-5H3,(H,23,25). The SMILES string of the molecule is CCC(C)(C)NC(=O)CN(c1ccc(Cl)cc1)S(=O)(=O)c1ccc(OC)c(OC)c1. The zero-order valence-electron chi connectivity index (χ0n) is 17.7. The van der Waals surface area contributed by atoms with Gasteiger partial charge in [-0.3, -0.25) is 9.10 Å². The maximum atomic E-state index is 13.5. The minimum Gasteiger partial charge on any atom is -0.493 e. The van der Waals surface area contributed by atoms with Crippen LogP contribution in [0, 0.1) is 0 Å². The first-order valence-corrected chi connectivity index (χ1v) is 11.2. The quantitative estimate of drug-likeness (QED) is 0.621. The van der Waals surface area contributed by atoms with E-state index in [2.05, 4.69) is 5.32 Å². The number of sulfonamides is 1. The van der Waals surface area contributed by atoms with Crippen molar-refractivity contribution in [3.8, 4) is 11.5 Å². The first kappa shape index (κ1) is 23.8. The number of hydrogen-bond acceptors (Lipinski definition) is 5. The van der Waals surface area contributed by atoms with Crippen molar-refractivity contribution in [1.82, 2.24) is 5.32 Å². The number of rotatable bonds is 9. The van der Waals surface area contributed by atoms with E-state index in [9.17, 15) is 13.2 Å². The van der Waals surface area contributed by atoms with Gasteiger partial charge in [0.2, 0.25) is 5.91 Å². The molecule has 0 atom stereocenters. The Morgan fingerprint density at radius 2 is 1.67 bits per heavy atom. The van der Waals surface area contributed by atoms with Gasteiger partial charge in [0.05, 0.1) is 24.8 Å². The van der Waals surface area contributed by atoms with Gasteiger partial charge in [0, 0.05) is 16.6 Å². The summed E-state index contributed by atoms with van der Waals surface area (Å²) >= 11 is 5.95. The first-order valence-electron chi connectivity index (χ1n) is 9.35. The molecule has 0 radical (unpaired) electrons. The summed E-state index contributed by atoms with van der Waals surface area (Å²) in [7, 11) is -1.20. The molecule has 1 N–H and O–H groups in total. The number of benzene rings is 2. The van der Waals surface area contributed by atoms with Gasteiger partial charge in [0.1, 0.15) is 6.54 Å². The van der Waals surface area contributed by atoms with Gasteiger partial charge in [-0.25, -0.2) is 8.42 Å². The summed E-state index contributed by atoms with van der Waals surface area (Å²) in [6.45, 7) is 5.31. The predicted octanol–water partition coefficient (Wildman–Crippen LogP) is 3.86. The zero-order chi connectivity index (χ0) is 22.5. The highest BCUT2D eigenvalue weighted by molar-refractivity contribution is 7.92. The molecule has 0 aliphatic rings. The third-order valence-corrected chi connectivity index (χ3v) is 6.73. The molecule has 0 spiro atoms. The number of nitrogens with zero attached hydrogens (tertiary/aromatic N) is 1. The molecule has 0 aliphatic heterocycles. The smallest absolute Gasteiger partial charge is 0.264 e. The summed E-state index contributed by atoms with van der Waals surface area (Å²) in [5.74, 6) is 0.254. The Kier molecular flexibility index (Phi) is 7.60.